The van der Waals surface area contributed by atoms with Crippen molar-refractivity contribution < 1.29 is 0 Å². The second-order valence-corrected chi connectivity index (χ2v) is 3.80. The molecule has 11 heavy (non-hydrogen) atoms. The fourth-order valence-corrected chi connectivity index (χ4v) is 0.417. The minimum absolute atomic E-state index is 1.08. The fraction of sp³-hybridized carbons (Fsp3) is 1.00. The molecule has 0 bridgehead atoms. The molecule has 0 saturated heterocycles. The van der Waals surface area contributed by atoms with E-state index in [1.165, 1.54) is 44.9 Å². The Bertz CT molecular complexity index is 54.4. The highest BCUT2D eigenvalue weighted by atomic mass is 14.2. The van der Waals surface area contributed by atoms with E-state index in [0.717, 1.165) is 5.92 Å². The lowest BCUT2D eigenvalue weighted by molar-refractivity contribution is 0.504. The van der Waals surface area contributed by atoms with E-state index >= 15 is 0 Å². The normalized spacial score (nSPS) is 19.9. The second kappa shape index (κ2) is 8.10. The summed E-state index contributed by atoms with van der Waals surface area (Å²) in [6.07, 6.45) is 10.2. The Labute approximate surface area is 72.4 Å². The molecular weight excluding hydrogens is 132 g/mol. The second-order valence-electron chi connectivity index (χ2n) is 3.80. The lowest BCUT2D eigenvalue weighted by Crippen LogP contribution is -1.85. The smallest absolute Gasteiger partial charge is 0.0443 e. The van der Waals surface area contributed by atoms with Crippen LogP contribution in [0, 0.1) is 5.92 Å². The molecule has 0 amide bonds. The quantitative estimate of drug-likeness (QED) is 0.488. The Hall–Kier alpha value is 0. The molecule has 2 saturated carbocycles. The maximum Gasteiger partial charge on any atom is -0.0443 e. The lowest BCUT2D eigenvalue weighted by atomic mass is 10.0. The average molecular weight is 156 g/mol. The fourth-order valence-electron chi connectivity index (χ4n) is 0.417. The van der Waals surface area contributed by atoms with E-state index in [1.54, 1.807) is 0 Å². The average Bonchev–Trinajstić information content (AvgIpc) is 2.47. The van der Waals surface area contributed by atoms with Gasteiger partial charge >= 0.3 is 0 Å². The monoisotopic (exact) mass is 156 g/mol. The van der Waals surface area contributed by atoms with E-state index in [2.05, 4.69) is 20.8 Å². The SMILES string of the molecule is C1CCC1.CC1CC1.CCC. The van der Waals surface area contributed by atoms with Crippen LogP contribution in [-0.2, 0) is 0 Å². The van der Waals surface area contributed by atoms with Gasteiger partial charge in [-0.2, -0.15) is 0 Å². The van der Waals surface area contributed by atoms with Crippen molar-refractivity contribution in [3.63, 3.8) is 0 Å². The molecule has 0 atom stereocenters. The van der Waals surface area contributed by atoms with Crippen LogP contribution in [0.15, 0.2) is 0 Å². The Morgan fingerprint density at radius 1 is 0.909 bits per heavy atom. The van der Waals surface area contributed by atoms with Crippen molar-refractivity contribution in [2.75, 3.05) is 0 Å². The molecule has 0 unspecified atom stereocenters. The summed E-state index contributed by atoms with van der Waals surface area (Å²) in [6.45, 7) is 6.53. The summed E-state index contributed by atoms with van der Waals surface area (Å²) in [7, 11) is 0. The van der Waals surface area contributed by atoms with Crippen LogP contribution >= 0.6 is 0 Å². The summed E-state index contributed by atoms with van der Waals surface area (Å²) in [4.78, 5) is 0. The zero-order chi connectivity index (χ0) is 8.53. The molecule has 2 fully saturated rings. The number of rotatable bonds is 0. The number of hydrogen-bond acceptors (Lipinski definition) is 0. The molecule has 0 aliphatic heterocycles. The van der Waals surface area contributed by atoms with Crippen molar-refractivity contribution in [3.8, 4) is 0 Å². The maximum atomic E-state index is 2.28. The Morgan fingerprint density at radius 2 is 1.09 bits per heavy atom. The lowest BCUT2D eigenvalue weighted by Gasteiger charge is -2.05. The minimum Gasteiger partial charge on any atom is -0.0656 e. The van der Waals surface area contributed by atoms with Crippen molar-refractivity contribution in [1.82, 2.24) is 0 Å². The summed E-state index contributed by atoms with van der Waals surface area (Å²) < 4.78 is 0. The van der Waals surface area contributed by atoms with Crippen LogP contribution in [0.1, 0.15) is 65.7 Å². The molecular formula is C11H24. The van der Waals surface area contributed by atoms with Gasteiger partial charge < -0.3 is 0 Å². The third-order valence-corrected chi connectivity index (χ3v) is 1.87. The summed E-state index contributed by atoms with van der Waals surface area (Å²) >= 11 is 0. The first-order valence-corrected chi connectivity index (χ1v) is 5.31. The molecule has 0 N–H and O–H groups in total. The van der Waals surface area contributed by atoms with Gasteiger partial charge in [-0.3, -0.25) is 0 Å². The molecule has 2 rings (SSSR count). The molecule has 0 radical (unpaired) electrons. The zero-order valence-corrected chi connectivity index (χ0v) is 8.53. The standard InChI is InChI=1S/2C4H8.C3H8/c1-4-2-3-4;1-2-4-3-1;1-3-2/h4H,2-3H2,1H3;1-4H2;3H2,1-2H3. The third-order valence-electron chi connectivity index (χ3n) is 1.87. The first-order valence-electron chi connectivity index (χ1n) is 5.31. The highest BCUT2D eigenvalue weighted by Gasteiger charge is 2.12. The van der Waals surface area contributed by atoms with Crippen molar-refractivity contribution in [2.24, 2.45) is 5.92 Å². The van der Waals surface area contributed by atoms with Crippen LogP contribution in [0.4, 0.5) is 0 Å². The highest BCUT2D eigenvalue weighted by molar-refractivity contribution is 4.65. The van der Waals surface area contributed by atoms with Crippen molar-refractivity contribution in [2.45, 2.75) is 65.7 Å². The van der Waals surface area contributed by atoms with Crippen LogP contribution in [0.2, 0.25) is 0 Å². The van der Waals surface area contributed by atoms with Gasteiger partial charge in [0, 0.05) is 0 Å². The molecule has 0 heteroatoms. The van der Waals surface area contributed by atoms with Crippen LogP contribution < -0.4 is 0 Å². The van der Waals surface area contributed by atoms with Crippen LogP contribution in [0.5, 0.6) is 0 Å². The number of hydrogen-bond donors (Lipinski definition) is 0. The van der Waals surface area contributed by atoms with Crippen LogP contribution in [-0.4, -0.2) is 0 Å². The predicted molar refractivity (Wildman–Crippen MR) is 52.8 cm³/mol. The predicted octanol–water partition coefficient (Wildman–Crippen LogP) is 4.39. The molecule has 0 nitrogen and oxygen atoms in total. The largest absolute Gasteiger partial charge is 0.0656 e. The van der Waals surface area contributed by atoms with E-state index < -0.39 is 0 Å². The molecule has 0 heterocycles. The van der Waals surface area contributed by atoms with Crippen LogP contribution in [0.25, 0.3) is 0 Å². The molecule has 68 valence electrons. The maximum absolute atomic E-state index is 2.28. The van der Waals surface area contributed by atoms with E-state index in [1.807, 2.05) is 0 Å². The molecule has 2 aliphatic carbocycles. The third kappa shape index (κ3) is 13.1. The van der Waals surface area contributed by atoms with Gasteiger partial charge in [0.2, 0.25) is 0 Å². The Morgan fingerprint density at radius 3 is 1.09 bits per heavy atom. The van der Waals surface area contributed by atoms with Gasteiger partial charge in [-0.25, -0.2) is 0 Å². The van der Waals surface area contributed by atoms with E-state index in [0.29, 0.717) is 0 Å². The Balaban J connectivity index is 0.000000139. The minimum atomic E-state index is 1.08. The van der Waals surface area contributed by atoms with Gasteiger partial charge in [0.05, 0.1) is 0 Å². The van der Waals surface area contributed by atoms with Crippen molar-refractivity contribution >= 4 is 0 Å². The first kappa shape index (κ1) is 11.0. The van der Waals surface area contributed by atoms with Crippen molar-refractivity contribution in [1.29, 1.82) is 0 Å². The summed E-state index contributed by atoms with van der Waals surface area (Å²) in [5, 5.41) is 0. The van der Waals surface area contributed by atoms with Gasteiger partial charge in [0.1, 0.15) is 0 Å². The zero-order valence-electron chi connectivity index (χ0n) is 8.53. The van der Waals surface area contributed by atoms with Crippen molar-refractivity contribution in [3.05, 3.63) is 0 Å². The summed E-state index contributed by atoms with van der Waals surface area (Å²) in [5.74, 6) is 1.08. The molecule has 0 aromatic carbocycles. The van der Waals surface area contributed by atoms with Crippen LogP contribution in [0.3, 0.4) is 0 Å². The topological polar surface area (TPSA) is 0 Å². The summed E-state index contributed by atoms with van der Waals surface area (Å²) in [5.41, 5.74) is 0. The van der Waals surface area contributed by atoms with Gasteiger partial charge in [0.15, 0.2) is 0 Å². The van der Waals surface area contributed by atoms with Gasteiger partial charge in [-0.05, 0) is 5.92 Å². The highest BCUT2D eigenvalue weighted by Crippen LogP contribution is 2.26. The van der Waals surface area contributed by atoms with E-state index in [4.69, 9.17) is 0 Å². The van der Waals surface area contributed by atoms with Gasteiger partial charge in [-0.15, -0.1) is 0 Å². The van der Waals surface area contributed by atoms with Gasteiger partial charge in [-0.1, -0.05) is 65.7 Å². The molecule has 0 aromatic heterocycles. The molecule has 0 spiro atoms. The van der Waals surface area contributed by atoms with E-state index in [-0.39, 0.29) is 0 Å². The van der Waals surface area contributed by atoms with E-state index in [9.17, 15) is 0 Å². The molecule has 0 aromatic rings. The first-order chi connectivity index (χ1) is 5.31. The molecule has 2 aliphatic rings. The Kier molecular flexibility index (Phi) is 8.10. The summed E-state index contributed by atoms with van der Waals surface area (Å²) in [6, 6.07) is 0. The van der Waals surface area contributed by atoms with Gasteiger partial charge in [0.25, 0.3) is 0 Å².